The van der Waals surface area contributed by atoms with Gasteiger partial charge < -0.3 is 9.63 Å². The summed E-state index contributed by atoms with van der Waals surface area (Å²) in [5, 5.41) is 13.0. The van der Waals surface area contributed by atoms with Crippen molar-refractivity contribution >= 4 is 22.6 Å². The number of halogens is 1. The van der Waals surface area contributed by atoms with Gasteiger partial charge in [0, 0.05) is 3.57 Å². The maximum absolute atomic E-state index is 9.27. The van der Waals surface area contributed by atoms with E-state index in [4.69, 9.17) is 4.52 Å². The molecule has 1 heterocycles. The summed E-state index contributed by atoms with van der Waals surface area (Å²) in [5.74, 6) is 0.751. The third-order valence-corrected chi connectivity index (χ3v) is 2.86. The van der Waals surface area contributed by atoms with Gasteiger partial charge in [-0.05, 0) is 41.6 Å². The Morgan fingerprint density at radius 1 is 1.40 bits per heavy atom. The highest BCUT2D eigenvalue weighted by Gasteiger charge is 2.13. The number of aliphatic hydroxyl groups excluding tert-OH is 1. The summed E-state index contributed by atoms with van der Waals surface area (Å²) in [4.78, 5) is 4.11. The molecule has 5 heteroatoms. The van der Waals surface area contributed by atoms with Crippen molar-refractivity contribution in [1.29, 1.82) is 0 Å². The van der Waals surface area contributed by atoms with Gasteiger partial charge in [-0.25, -0.2) is 0 Å². The second kappa shape index (κ2) is 4.28. The number of aromatic nitrogens is 2. The van der Waals surface area contributed by atoms with E-state index in [0.717, 1.165) is 9.13 Å². The molecule has 0 aliphatic carbocycles. The Kier molecular flexibility index (Phi) is 3.01. The SMILES string of the molecule is CC(O)c1noc(-c2ccccc2I)n1. The number of benzene rings is 1. The van der Waals surface area contributed by atoms with Crippen molar-refractivity contribution in [2.24, 2.45) is 0 Å². The molecule has 0 aliphatic rings. The van der Waals surface area contributed by atoms with E-state index in [1.165, 1.54) is 0 Å². The lowest BCUT2D eigenvalue weighted by Gasteiger charge is -1.96. The largest absolute Gasteiger partial charge is 0.385 e. The minimum atomic E-state index is -0.705. The highest BCUT2D eigenvalue weighted by Crippen LogP contribution is 2.24. The lowest BCUT2D eigenvalue weighted by Crippen LogP contribution is -1.93. The first-order valence-electron chi connectivity index (χ1n) is 4.45. The zero-order valence-electron chi connectivity index (χ0n) is 8.01. The summed E-state index contributed by atoms with van der Waals surface area (Å²) in [5.41, 5.74) is 0.887. The lowest BCUT2D eigenvalue weighted by molar-refractivity contribution is 0.184. The predicted octanol–water partition coefficient (Wildman–Crippen LogP) is 2.39. The van der Waals surface area contributed by atoms with Crippen LogP contribution >= 0.6 is 22.6 Å². The van der Waals surface area contributed by atoms with Crippen LogP contribution in [0, 0.1) is 3.57 Å². The molecule has 0 fully saturated rings. The molecule has 1 atom stereocenters. The molecular formula is C10H9IN2O2. The number of rotatable bonds is 2. The van der Waals surface area contributed by atoms with Crippen molar-refractivity contribution in [2.45, 2.75) is 13.0 Å². The summed E-state index contributed by atoms with van der Waals surface area (Å²) in [6, 6.07) is 7.71. The molecule has 0 bridgehead atoms. The molecule has 78 valence electrons. The summed E-state index contributed by atoms with van der Waals surface area (Å²) < 4.78 is 6.10. The van der Waals surface area contributed by atoms with E-state index < -0.39 is 6.10 Å². The molecular weight excluding hydrogens is 307 g/mol. The highest BCUT2D eigenvalue weighted by atomic mass is 127. The van der Waals surface area contributed by atoms with Crippen LogP contribution < -0.4 is 0 Å². The molecule has 0 aliphatic heterocycles. The topological polar surface area (TPSA) is 59.2 Å². The van der Waals surface area contributed by atoms with Crippen LogP contribution in [0.15, 0.2) is 28.8 Å². The van der Waals surface area contributed by atoms with E-state index in [2.05, 4.69) is 32.7 Å². The lowest BCUT2D eigenvalue weighted by atomic mass is 10.2. The van der Waals surface area contributed by atoms with Crippen LogP contribution in [0.5, 0.6) is 0 Å². The average molecular weight is 316 g/mol. The van der Waals surface area contributed by atoms with Gasteiger partial charge in [0.15, 0.2) is 5.82 Å². The van der Waals surface area contributed by atoms with Crippen molar-refractivity contribution in [2.75, 3.05) is 0 Å². The minimum absolute atomic E-state index is 0.310. The van der Waals surface area contributed by atoms with E-state index in [1.807, 2.05) is 24.3 Å². The van der Waals surface area contributed by atoms with Crippen LogP contribution in [-0.2, 0) is 0 Å². The molecule has 2 rings (SSSR count). The van der Waals surface area contributed by atoms with Gasteiger partial charge in [-0.2, -0.15) is 4.98 Å². The summed E-state index contributed by atoms with van der Waals surface area (Å²) in [6.07, 6.45) is -0.705. The van der Waals surface area contributed by atoms with E-state index >= 15 is 0 Å². The molecule has 1 aromatic carbocycles. The van der Waals surface area contributed by atoms with Crippen LogP contribution in [0.3, 0.4) is 0 Å². The fourth-order valence-electron chi connectivity index (χ4n) is 1.15. The minimum Gasteiger partial charge on any atom is -0.385 e. The Morgan fingerprint density at radius 3 is 2.73 bits per heavy atom. The average Bonchev–Trinajstić information content (AvgIpc) is 2.67. The first-order valence-corrected chi connectivity index (χ1v) is 5.53. The van der Waals surface area contributed by atoms with E-state index in [0.29, 0.717) is 11.7 Å². The second-order valence-corrected chi connectivity index (χ2v) is 4.28. The van der Waals surface area contributed by atoms with Gasteiger partial charge in [0.1, 0.15) is 6.10 Å². The number of hydrogen-bond acceptors (Lipinski definition) is 4. The van der Waals surface area contributed by atoms with Crippen molar-refractivity contribution in [1.82, 2.24) is 10.1 Å². The molecule has 0 saturated carbocycles. The Labute approximate surface area is 100 Å². The van der Waals surface area contributed by atoms with Crippen molar-refractivity contribution in [3.05, 3.63) is 33.7 Å². The fraction of sp³-hybridized carbons (Fsp3) is 0.200. The zero-order valence-corrected chi connectivity index (χ0v) is 10.2. The molecule has 4 nitrogen and oxygen atoms in total. The Hall–Kier alpha value is -0.950. The molecule has 1 N–H and O–H groups in total. The number of nitrogens with zero attached hydrogens (tertiary/aromatic N) is 2. The maximum Gasteiger partial charge on any atom is 0.259 e. The van der Waals surface area contributed by atoms with Gasteiger partial charge in [-0.15, -0.1) is 0 Å². The Bertz CT molecular complexity index is 468. The standard InChI is InChI=1S/C10H9IN2O2/c1-6(14)9-12-10(15-13-9)7-4-2-3-5-8(7)11/h2-6,14H,1H3. The molecule has 0 spiro atoms. The monoisotopic (exact) mass is 316 g/mol. The van der Waals surface area contributed by atoms with E-state index in [1.54, 1.807) is 6.92 Å². The summed E-state index contributed by atoms with van der Waals surface area (Å²) in [6.45, 7) is 1.60. The third-order valence-electron chi connectivity index (χ3n) is 1.92. The maximum atomic E-state index is 9.27. The predicted molar refractivity (Wildman–Crippen MR) is 63.1 cm³/mol. The molecule has 0 saturated heterocycles. The summed E-state index contributed by atoms with van der Waals surface area (Å²) in [7, 11) is 0. The number of aliphatic hydroxyl groups is 1. The van der Waals surface area contributed by atoms with Crippen LogP contribution in [0.4, 0.5) is 0 Å². The highest BCUT2D eigenvalue weighted by molar-refractivity contribution is 14.1. The fourth-order valence-corrected chi connectivity index (χ4v) is 1.77. The van der Waals surface area contributed by atoms with Gasteiger partial charge in [-0.1, -0.05) is 17.3 Å². The third kappa shape index (κ3) is 2.18. The van der Waals surface area contributed by atoms with Gasteiger partial charge in [0.05, 0.1) is 5.56 Å². The molecule has 15 heavy (non-hydrogen) atoms. The van der Waals surface area contributed by atoms with Crippen molar-refractivity contribution in [3.63, 3.8) is 0 Å². The Balaban J connectivity index is 2.42. The first kappa shape index (κ1) is 10.6. The molecule has 0 amide bonds. The van der Waals surface area contributed by atoms with Gasteiger partial charge in [0.2, 0.25) is 0 Å². The normalized spacial score (nSPS) is 12.7. The van der Waals surface area contributed by atoms with Gasteiger partial charge in [-0.3, -0.25) is 0 Å². The Morgan fingerprint density at radius 2 is 2.13 bits per heavy atom. The van der Waals surface area contributed by atoms with Crippen LogP contribution in [0.25, 0.3) is 11.5 Å². The van der Waals surface area contributed by atoms with Gasteiger partial charge in [0.25, 0.3) is 5.89 Å². The van der Waals surface area contributed by atoms with Crippen LogP contribution in [0.2, 0.25) is 0 Å². The van der Waals surface area contributed by atoms with Crippen LogP contribution in [0.1, 0.15) is 18.9 Å². The second-order valence-electron chi connectivity index (χ2n) is 3.11. The molecule has 2 aromatic rings. The van der Waals surface area contributed by atoms with Crippen molar-refractivity contribution in [3.8, 4) is 11.5 Å². The first-order chi connectivity index (χ1) is 7.18. The quantitative estimate of drug-likeness (QED) is 0.864. The van der Waals surface area contributed by atoms with Crippen molar-refractivity contribution < 1.29 is 9.63 Å². The van der Waals surface area contributed by atoms with Gasteiger partial charge >= 0.3 is 0 Å². The molecule has 1 aromatic heterocycles. The number of hydrogen-bond donors (Lipinski definition) is 1. The van der Waals surface area contributed by atoms with Crippen LogP contribution in [-0.4, -0.2) is 15.2 Å². The smallest absolute Gasteiger partial charge is 0.259 e. The van der Waals surface area contributed by atoms with E-state index in [-0.39, 0.29) is 0 Å². The molecule has 1 unspecified atom stereocenters. The summed E-state index contributed by atoms with van der Waals surface area (Å²) >= 11 is 2.20. The molecule has 0 radical (unpaired) electrons. The zero-order chi connectivity index (χ0) is 10.8. The van der Waals surface area contributed by atoms with E-state index in [9.17, 15) is 5.11 Å².